The van der Waals surface area contributed by atoms with E-state index in [4.69, 9.17) is 4.74 Å². The third-order valence-electron chi connectivity index (χ3n) is 2.23. The highest BCUT2D eigenvalue weighted by Crippen LogP contribution is 2.19. The topological polar surface area (TPSA) is 35.5 Å². The van der Waals surface area contributed by atoms with E-state index >= 15 is 0 Å². The first-order chi connectivity index (χ1) is 9.19. The lowest BCUT2D eigenvalue weighted by Gasteiger charge is -2.03. The molecule has 0 aromatic heterocycles. The maximum atomic E-state index is 11.5. The van der Waals surface area contributed by atoms with Gasteiger partial charge in [-0.15, -0.1) is 0 Å². The first-order valence-electron chi connectivity index (χ1n) is 5.59. The van der Waals surface area contributed by atoms with E-state index in [9.17, 15) is 4.79 Å². The standard InChI is InChI=1S/C15H15BrO3/c1-18-11-13(15(17)19-2)14(16)10-6-9-12-7-4-3-5-8-12/h3-11H,1-2H3/b9-6+,13-11-,14-10+. The van der Waals surface area contributed by atoms with Gasteiger partial charge in [0.05, 0.1) is 20.5 Å². The molecule has 0 atom stereocenters. The second-order valence-electron chi connectivity index (χ2n) is 3.54. The van der Waals surface area contributed by atoms with Crippen LogP contribution >= 0.6 is 15.9 Å². The molecule has 0 radical (unpaired) electrons. The normalized spacial score (nSPS) is 12.6. The Morgan fingerprint density at radius 1 is 1.21 bits per heavy atom. The predicted octanol–water partition coefficient (Wildman–Crippen LogP) is 3.68. The fourth-order valence-corrected chi connectivity index (χ4v) is 1.74. The fourth-order valence-electron chi connectivity index (χ4n) is 1.33. The highest BCUT2D eigenvalue weighted by atomic mass is 79.9. The van der Waals surface area contributed by atoms with Crippen LogP contribution in [0.15, 0.2) is 58.8 Å². The molecule has 0 aliphatic carbocycles. The van der Waals surface area contributed by atoms with Gasteiger partial charge in [-0.25, -0.2) is 4.79 Å². The van der Waals surface area contributed by atoms with Crippen molar-refractivity contribution >= 4 is 28.0 Å². The van der Waals surface area contributed by atoms with Gasteiger partial charge in [0.15, 0.2) is 0 Å². The zero-order chi connectivity index (χ0) is 14.1. The lowest BCUT2D eigenvalue weighted by atomic mass is 10.2. The molecule has 0 saturated heterocycles. The van der Waals surface area contributed by atoms with Crippen LogP contribution in [-0.2, 0) is 14.3 Å². The molecule has 0 spiro atoms. The average Bonchev–Trinajstić information content (AvgIpc) is 2.45. The zero-order valence-corrected chi connectivity index (χ0v) is 12.4. The Bertz CT molecular complexity index is 501. The Hall–Kier alpha value is -1.81. The summed E-state index contributed by atoms with van der Waals surface area (Å²) < 4.78 is 10.1. The molecule has 0 fully saturated rings. The maximum absolute atomic E-state index is 11.5. The van der Waals surface area contributed by atoms with Crippen LogP contribution in [0.2, 0.25) is 0 Å². The smallest absolute Gasteiger partial charge is 0.342 e. The first kappa shape index (κ1) is 15.2. The molecule has 0 heterocycles. The Morgan fingerprint density at radius 2 is 1.89 bits per heavy atom. The van der Waals surface area contributed by atoms with E-state index in [1.807, 2.05) is 42.5 Å². The van der Waals surface area contributed by atoms with Gasteiger partial charge in [-0.2, -0.15) is 0 Å². The number of carbonyl (C=O) groups excluding carboxylic acids is 1. The van der Waals surface area contributed by atoms with Crippen LogP contribution in [0.3, 0.4) is 0 Å². The zero-order valence-electron chi connectivity index (χ0n) is 10.8. The molecule has 4 heteroatoms. The Kier molecular flexibility index (Phi) is 6.68. The molecule has 0 bridgehead atoms. The molecule has 100 valence electrons. The summed E-state index contributed by atoms with van der Waals surface area (Å²) in [5.74, 6) is -0.460. The molecule has 3 nitrogen and oxygen atoms in total. The number of esters is 1. The van der Waals surface area contributed by atoms with Gasteiger partial charge in [-0.3, -0.25) is 0 Å². The van der Waals surface area contributed by atoms with Crippen LogP contribution in [0.25, 0.3) is 6.08 Å². The number of halogens is 1. The second kappa shape index (κ2) is 8.32. The molecular weight excluding hydrogens is 308 g/mol. The highest BCUT2D eigenvalue weighted by Gasteiger charge is 2.12. The van der Waals surface area contributed by atoms with Crippen LogP contribution < -0.4 is 0 Å². The van der Waals surface area contributed by atoms with Crippen LogP contribution in [0.4, 0.5) is 0 Å². The number of allylic oxidation sites excluding steroid dienone is 2. The minimum Gasteiger partial charge on any atom is -0.503 e. The van der Waals surface area contributed by atoms with Gasteiger partial charge in [0.2, 0.25) is 0 Å². The second-order valence-corrected chi connectivity index (χ2v) is 4.40. The van der Waals surface area contributed by atoms with Crippen LogP contribution in [0, 0.1) is 0 Å². The molecule has 0 aliphatic heterocycles. The third-order valence-corrected chi connectivity index (χ3v) is 2.92. The number of carbonyl (C=O) groups is 1. The van der Waals surface area contributed by atoms with Gasteiger partial charge < -0.3 is 9.47 Å². The van der Waals surface area contributed by atoms with E-state index in [0.717, 1.165) is 5.56 Å². The number of hydrogen-bond acceptors (Lipinski definition) is 3. The Morgan fingerprint density at radius 3 is 2.47 bits per heavy atom. The minimum atomic E-state index is -0.460. The number of methoxy groups -OCH3 is 2. The third kappa shape index (κ3) is 5.14. The van der Waals surface area contributed by atoms with Gasteiger partial charge >= 0.3 is 5.97 Å². The minimum absolute atomic E-state index is 0.322. The van der Waals surface area contributed by atoms with Gasteiger partial charge in [0, 0.05) is 4.48 Å². The SMILES string of the molecule is CO/C=C(C(=O)OC)/C(Br)=C\C=C\c1ccccc1. The van der Waals surface area contributed by atoms with E-state index < -0.39 is 5.97 Å². The van der Waals surface area contributed by atoms with Gasteiger partial charge in [0.1, 0.15) is 5.57 Å². The summed E-state index contributed by atoms with van der Waals surface area (Å²) in [5.41, 5.74) is 1.40. The van der Waals surface area contributed by atoms with Crippen molar-refractivity contribution in [2.75, 3.05) is 14.2 Å². The van der Waals surface area contributed by atoms with E-state index in [-0.39, 0.29) is 0 Å². The molecule has 1 rings (SSSR count). The van der Waals surface area contributed by atoms with Gasteiger partial charge in [0.25, 0.3) is 0 Å². The number of ether oxygens (including phenoxy) is 2. The van der Waals surface area contributed by atoms with E-state index in [0.29, 0.717) is 10.1 Å². The lowest BCUT2D eigenvalue weighted by Crippen LogP contribution is -2.05. The van der Waals surface area contributed by atoms with E-state index in [1.54, 1.807) is 6.08 Å². The maximum Gasteiger partial charge on any atom is 0.342 e. The van der Waals surface area contributed by atoms with E-state index in [2.05, 4.69) is 20.7 Å². The molecular formula is C15H15BrO3. The Labute approximate surface area is 121 Å². The van der Waals surface area contributed by atoms with Crippen molar-refractivity contribution in [1.82, 2.24) is 0 Å². The number of hydrogen-bond donors (Lipinski definition) is 0. The summed E-state index contributed by atoms with van der Waals surface area (Å²) in [5, 5.41) is 0. The van der Waals surface area contributed by atoms with Crippen molar-refractivity contribution in [3.05, 3.63) is 64.4 Å². The molecule has 1 aromatic carbocycles. The molecule has 0 saturated carbocycles. The van der Waals surface area contributed by atoms with Crippen molar-refractivity contribution in [3.8, 4) is 0 Å². The summed E-state index contributed by atoms with van der Waals surface area (Å²) in [6.45, 7) is 0. The summed E-state index contributed by atoms with van der Waals surface area (Å²) in [6, 6.07) is 9.86. The van der Waals surface area contributed by atoms with Crippen molar-refractivity contribution in [3.63, 3.8) is 0 Å². The molecule has 0 unspecified atom stereocenters. The summed E-state index contributed by atoms with van der Waals surface area (Å²) >= 11 is 3.32. The summed E-state index contributed by atoms with van der Waals surface area (Å²) in [4.78, 5) is 11.5. The van der Waals surface area contributed by atoms with Crippen molar-refractivity contribution in [2.24, 2.45) is 0 Å². The van der Waals surface area contributed by atoms with Crippen LogP contribution in [0.1, 0.15) is 5.56 Å². The molecule has 0 aliphatic rings. The Balaban J connectivity index is 2.83. The van der Waals surface area contributed by atoms with Crippen LogP contribution in [0.5, 0.6) is 0 Å². The van der Waals surface area contributed by atoms with Crippen molar-refractivity contribution in [1.29, 1.82) is 0 Å². The lowest BCUT2D eigenvalue weighted by molar-refractivity contribution is -0.135. The molecule has 1 aromatic rings. The highest BCUT2D eigenvalue weighted by molar-refractivity contribution is 9.12. The quantitative estimate of drug-likeness (QED) is 0.359. The van der Waals surface area contributed by atoms with Crippen molar-refractivity contribution in [2.45, 2.75) is 0 Å². The summed E-state index contributed by atoms with van der Waals surface area (Å²) in [7, 11) is 2.80. The monoisotopic (exact) mass is 322 g/mol. The largest absolute Gasteiger partial charge is 0.503 e. The summed E-state index contributed by atoms with van der Waals surface area (Å²) in [6.07, 6.45) is 6.87. The van der Waals surface area contributed by atoms with Gasteiger partial charge in [-0.05, 0) is 27.6 Å². The van der Waals surface area contributed by atoms with Crippen LogP contribution in [-0.4, -0.2) is 20.2 Å². The number of benzene rings is 1. The van der Waals surface area contributed by atoms with E-state index in [1.165, 1.54) is 20.5 Å². The molecule has 0 N–H and O–H groups in total. The van der Waals surface area contributed by atoms with Crippen molar-refractivity contribution < 1.29 is 14.3 Å². The first-order valence-corrected chi connectivity index (χ1v) is 6.39. The average molecular weight is 323 g/mol. The molecule has 19 heavy (non-hydrogen) atoms. The fraction of sp³-hybridized carbons (Fsp3) is 0.133. The predicted molar refractivity (Wildman–Crippen MR) is 79.6 cm³/mol. The van der Waals surface area contributed by atoms with Gasteiger partial charge in [-0.1, -0.05) is 42.5 Å². The number of rotatable bonds is 5. The molecule has 0 amide bonds.